The van der Waals surface area contributed by atoms with Crippen molar-refractivity contribution in [1.82, 2.24) is 0 Å². The highest BCUT2D eigenvalue weighted by atomic mass is 35.5. The predicted octanol–water partition coefficient (Wildman–Crippen LogP) is 2.93. The van der Waals surface area contributed by atoms with Gasteiger partial charge in [0.1, 0.15) is 27.2 Å². The van der Waals surface area contributed by atoms with Crippen molar-refractivity contribution in [1.29, 1.82) is 5.26 Å². The smallest absolute Gasteiger partial charge is 0.298 e. The van der Waals surface area contributed by atoms with E-state index in [2.05, 4.69) is 20.8 Å². The lowest BCUT2D eigenvalue weighted by atomic mass is 10.3. The van der Waals surface area contributed by atoms with Gasteiger partial charge in [-0.1, -0.05) is 23.2 Å². The second-order valence-electron chi connectivity index (χ2n) is 5.38. The number of hydrazone groups is 1. The molecule has 2 rings (SSSR count). The second-order valence-corrected chi connectivity index (χ2v) is 9.03. The maximum atomic E-state index is 11.3. The van der Waals surface area contributed by atoms with Crippen LogP contribution in [0.15, 0.2) is 49.4 Å². The van der Waals surface area contributed by atoms with Crippen LogP contribution in [0.4, 0.5) is 11.4 Å². The number of phenolic OH excluding ortho intramolecular Hbond substituents is 2. The van der Waals surface area contributed by atoms with Crippen molar-refractivity contribution in [3.8, 4) is 17.6 Å². The summed E-state index contributed by atoms with van der Waals surface area (Å²) in [6.45, 7) is 0. The zero-order valence-corrected chi connectivity index (χ0v) is 17.7. The lowest BCUT2D eigenvalue weighted by molar-refractivity contribution is 0.442. The van der Waals surface area contributed by atoms with E-state index in [1.165, 1.54) is 6.07 Å². The van der Waals surface area contributed by atoms with Gasteiger partial charge in [0.25, 0.3) is 26.1 Å². The minimum Gasteiger partial charge on any atom is -0.504 e. The lowest BCUT2D eigenvalue weighted by Gasteiger charge is -2.08. The Balaban J connectivity index is 2.42. The second kappa shape index (κ2) is 9.01. The van der Waals surface area contributed by atoms with Crippen LogP contribution in [0.1, 0.15) is 0 Å². The quantitative estimate of drug-likeness (QED) is 0.0987. The van der Waals surface area contributed by atoms with Crippen LogP contribution in [0.2, 0.25) is 10.0 Å². The molecule has 0 spiro atoms. The SMILES string of the molecule is N#CC(N=Nc1cc(Cl)cc(S(=O)(=O)O)c1O)=NNc1cc(Cl)cc(S(=O)(=O)O)c1O. The van der Waals surface area contributed by atoms with E-state index in [9.17, 15) is 27.0 Å². The van der Waals surface area contributed by atoms with Crippen LogP contribution in [-0.2, 0) is 20.2 Å². The molecule has 0 fully saturated rings. The van der Waals surface area contributed by atoms with Gasteiger partial charge < -0.3 is 10.2 Å². The maximum Gasteiger partial charge on any atom is 0.298 e. The average Bonchev–Trinajstić information content (AvgIpc) is 2.64. The van der Waals surface area contributed by atoms with Gasteiger partial charge in [-0.25, -0.2) is 0 Å². The fraction of sp³-hybridized carbons (Fsp3) is 0. The molecule has 0 saturated heterocycles. The van der Waals surface area contributed by atoms with Crippen molar-refractivity contribution in [3.05, 3.63) is 34.3 Å². The van der Waals surface area contributed by atoms with E-state index in [0.717, 1.165) is 24.3 Å². The summed E-state index contributed by atoms with van der Waals surface area (Å²) in [5.74, 6) is -2.72. The van der Waals surface area contributed by atoms with E-state index >= 15 is 0 Å². The molecule has 0 aromatic heterocycles. The highest BCUT2D eigenvalue weighted by molar-refractivity contribution is 7.86. The van der Waals surface area contributed by atoms with Crippen molar-refractivity contribution in [2.24, 2.45) is 15.3 Å². The topological polar surface area (TPSA) is 222 Å². The Labute approximate surface area is 184 Å². The summed E-state index contributed by atoms with van der Waals surface area (Å²) in [6, 6.07) is 4.97. The van der Waals surface area contributed by atoms with Crippen LogP contribution >= 0.6 is 23.2 Å². The van der Waals surface area contributed by atoms with Gasteiger partial charge in [0, 0.05) is 10.0 Å². The number of nitrogens with zero attached hydrogens (tertiary/aromatic N) is 4. The molecule has 164 valence electrons. The monoisotopic (exact) mass is 509 g/mol. The third kappa shape index (κ3) is 6.01. The Bertz CT molecular complexity index is 1370. The van der Waals surface area contributed by atoms with Gasteiger partial charge in [-0.2, -0.15) is 22.1 Å². The first-order valence-electron chi connectivity index (χ1n) is 7.39. The van der Waals surface area contributed by atoms with Crippen molar-refractivity contribution in [2.75, 3.05) is 5.43 Å². The van der Waals surface area contributed by atoms with E-state index in [0.29, 0.717) is 0 Å². The summed E-state index contributed by atoms with van der Waals surface area (Å²) in [5, 5.41) is 38.6. The number of rotatable bonds is 5. The molecule has 0 bridgehead atoms. The summed E-state index contributed by atoms with van der Waals surface area (Å²) in [6.07, 6.45) is 0. The number of phenols is 2. The Kier molecular flexibility index (Phi) is 7.06. The highest BCUT2D eigenvalue weighted by Gasteiger charge is 2.21. The number of azo groups is 1. The molecular weight excluding hydrogens is 501 g/mol. The Morgan fingerprint density at radius 3 is 1.97 bits per heavy atom. The molecule has 0 atom stereocenters. The van der Waals surface area contributed by atoms with E-state index in [1.54, 1.807) is 0 Å². The number of amidine groups is 1. The fourth-order valence-electron chi connectivity index (χ4n) is 1.97. The van der Waals surface area contributed by atoms with E-state index in [1.807, 2.05) is 0 Å². The highest BCUT2D eigenvalue weighted by Crippen LogP contribution is 2.37. The van der Waals surface area contributed by atoms with Crippen LogP contribution in [0, 0.1) is 11.3 Å². The summed E-state index contributed by atoms with van der Waals surface area (Å²) in [5.41, 5.74) is 1.12. The fourth-order valence-corrected chi connectivity index (χ4v) is 3.79. The van der Waals surface area contributed by atoms with Crippen molar-refractivity contribution in [2.45, 2.75) is 9.79 Å². The van der Waals surface area contributed by atoms with Gasteiger partial charge in [-0.3, -0.25) is 14.5 Å². The molecule has 0 aliphatic carbocycles. The van der Waals surface area contributed by atoms with Crippen LogP contribution in [0.5, 0.6) is 11.5 Å². The third-order valence-corrected chi connectivity index (χ3v) is 5.42. The summed E-state index contributed by atoms with van der Waals surface area (Å²) < 4.78 is 63.2. The van der Waals surface area contributed by atoms with Crippen molar-refractivity contribution >= 4 is 60.6 Å². The number of halogens is 2. The predicted molar refractivity (Wildman–Crippen MR) is 107 cm³/mol. The van der Waals surface area contributed by atoms with Gasteiger partial charge in [0.05, 0.1) is 0 Å². The largest absolute Gasteiger partial charge is 0.504 e. The Hall–Kier alpha value is -3.00. The van der Waals surface area contributed by atoms with Gasteiger partial charge >= 0.3 is 0 Å². The van der Waals surface area contributed by atoms with Crippen LogP contribution < -0.4 is 5.43 Å². The van der Waals surface area contributed by atoms with Gasteiger partial charge in [0.2, 0.25) is 0 Å². The summed E-state index contributed by atoms with van der Waals surface area (Å²) >= 11 is 11.4. The number of hydrogen-bond acceptors (Lipinski definition) is 10. The van der Waals surface area contributed by atoms with Gasteiger partial charge in [0.15, 0.2) is 11.5 Å². The first kappa shape index (κ1) is 24.3. The first-order chi connectivity index (χ1) is 14.2. The molecule has 13 nitrogen and oxygen atoms in total. The van der Waals surface area contributed by atoms with Crippen molar-refractivity contribution in [3.63, 3.8) is 0 Å². The molecule has 17 heteroatoms. The summed E-state index contributed by atoms with van der Waals surface area (Å²) in [7, 11) is -9.68. The minimum absolute atomic E-state index is 0.218. The molecular formula is C14H9Cl2N5O8S2. The number of hydrogen-bond donors (Lipinski definition) is 5. The molecule has 2 aromatic rings. The first-order valence-corrected chi connectivity index (χ1v) is 11.0. The van der Waals surface area contributed by atoms with Gasteiger partial charge in [-0.15, -0.1) is 15.3 Å². The zero-order chi connectivity index (χ0) is 23.6. The molecule has 0 aliphatic heterocycles. The molecule has 31 heavy (non-hydrogen) atoms. The number of aromatic hydroxyl groups is 2. The van der Waals surface area contributed by atoms with Gasteiger partial charge in [-0.05, 0) is 24.3 Å². The Morgan fingerprint density at radius 1 is 0.935 bits per heavy atom. The minimum atomic E-state index is -4.85. The van der Waals surface area contributed by atoms with Crippen LogP contribution in [0.3, 0.4) is 0 Å². The molecule has 0 amide bonds. The third-order valence-electron chi connectivity index (χ3n) is 3.25. The normalized spacial score (nSPS) is 12.7. The summed E-state index contributed by atoms with van der Waals surface area (Å²) in [4.78, 5) is -1.89. The molecule has 0 unspecified atom stereocenters. The van der Waals surface area contributed by atoms with E-state index in [4.69, 9.17) is 37.6 Å². The number of nitrogens with one attached hydrogen (secondary N) is 1. The molecule has 0 heterocycles. The standard InChI is InChI=1S/C14H9Cl2N5O8S2/c15-6-1-8(13(22)10(3-6)30(24,25)26)18-20-12(5-17)21-19-9-2-7(16)4-11(14(9)23)31(27,28)29/h1-4,18,22-23H,(H,24,25,26)(H,27,28,29). The molecule has 0 aliphatic rings. The number of anilines is 1. The van der Waals surface area contributed by atoms with Crippen LogP contribution in [-0.4, -0.2) is 42.0 Å². The van der Waals surface area contributed by atoms with Crippen molar-refractivity contribution < 1.29 is 36.2 Å². The maximum absolute atomic E-state index is 11.3. The lowest BCUT2D eigenvalue weighted by Crippen LogP contribution is -2.02. The van der Waals surface area contributed by atoms with E-state index < -0.39 is 58.7 Å². The molecule has 0 radical (unpaired) electrons. The number of nitriles is 1. The Morgan fingerprint density at radius 2 is 1.45 bits per heavy atom. The zero-order valence-electron chi connectivity index (χ0n) is 14.6. The van der Waals surface area contributed by atoms with Crippen LogP contribution in [0.25, 0.3) is 0 Å². The van der Waals surface area contributed by atoms with E-state index in [-0.39, 0.29) is 10.0 Å². The number of benzene rings is 2. The molecule has 2 aromatic carbocycles. The molecule has 5 N–H and O–H groups in total. The molecule has 0 saturated carbocycles. The average molecular weight is 510 g/mol.